The van der Waals surface area contributed by atoms with Gasteiger partial charge in [0.15, 0.2) is 4.96 Å². The lowest BCUT2D eigenvalue weighted by molar-refractivity contribution is 0.0996. The monoisotopic (exact) mass is 575 g/mol. The summed E-state index contributed by atoms with van der Waals surface area (Å²) in [5.41, 5.74) is 3.82. The van der Waals surface area contributed by atoms with Gasteiger partial charge in [-0.15, -0.1) is 0 Å². The lowest BCUT2D eigenvalue weighted by Crippen LogP contribution is -2.66. The van der Waals surface area contributed by atoms with E-state index in [2.05, 4.69) is 99.6 Å². The quantitative estimate of drug-likeness (QED) is 0.195. The molecule has 41 heavy (non-hydrogen) atoms. The second-order valence-electron chi connectivity index (χ2n) is 11.3. The van der Waals surface area contributed by atoms with Gasteiger partial charge in [0, 0.05) is 18.9 Å². The molecule has 0 fully saturated rings. The molecule has 1 amide bonds. The number of benzene rings is 4. The summed E-state index contributed by atoms with van der Waals surface area (Å²) >= 11 is 1.41. The fourth-order valence-electron chi connectivity index (χ4n) is 5.64. The summed E-state index contributed by atoms with van der Waals surface area (Å²) in [5, 5.41) is 2.44. The molecule has 5 nitrogen and oxygen atoms in total. The van der Waals surface area contributed by atoms with Crippen molar-refractivity contribution in [3.8, 4) is 0 Å². The largest absolute Gasteiger partial charge is 0.403 e. The van der Waals surface area contributed by atoms with Crippen LogP contribution < -0.4 is 15.3 Å². The molecule has 0 saturated carbocycles. The van der Waals surface area contributed by atoms with E-state index in [9.17, 15) is 4.79 Å². The smallest absolute Gasteiger partial charge is 0.269 e. The van der Waals surface area contributed by atoms with Gasteiger partial charge < -0.3 is 9.33 Å². The summed E-state index contributed by atoms with van der Waals surface area (Å²) in [6.45, 7) is 7.36. The van der Waals surface area contributed by atoms with Gasteiger partial charge in [0.05, 0.1) is 17.6 Å². The van der Waals surface area contributed by atoms with Crippen molar-refractivity contribution in [2.24, 2.45) is 0 Å². The minimum Gasteiger partial charge on any atom is -0.403 e. The van der Waals surface area contributed by atoms with E-state index in [4.69, 9.17) is 9.41 Å². The van der Waals surface area contributed by atoms with Crippen LogP contribution in [0, 0.1) is 0 Å². The summed E-state index contributed by atoms with van der Waals surface area (Å²) in [6.07, 6.45) is 1.90. The van der Waals surface area contributed by atoms with Crippen LogP contribution in [0.15, 0.2) is 115 Å². The number of carbonyl (C=O) groups is 1. The van der Waals surface area contributed by atoms with Gasteiger partial charge in [-0.3, -0.25) is 9.20 Å². The minimum atomic E-state index is -2.64. The predicted molar refractivity (Wildman–Crippen MR) is 172 cm³/mol. The minimum absolute atomic E-state index is 0.0461. The van der Waals surface area contributed by atoms with E-state index in [0.717, 1.165) is 27.2 Å². The van der Waals surface area contributed by atoms with E-state index < -0.39 is 8.32 Å². The van der Waals surface area contributed by atoms with Crippen LogP contribution in [0.3, 0.4) is 0 Å². The zero-order chi connectivity index (χ0) is 28.6. The van der Waals surface area contributed by atoms with E-state index >= 15 is 0 Å². The average Bonchev–Trinajstić information content (AvgIpc) is 3.55. The van der Waals surface area contributed by atoms with Crippen LogP contribution in [-0.4, -0.2) is 30.7 Å². The lowest BCUT2D eigenvalue weighted by Gasteiger charge is -2.43. The first-order valence-corrected chi connectivity index (χ1v) is 16.5. The van der Waals surface area contributed by atoms with Gasteiger partial charge in [0.1, 0.15) is 4.88 Å². The molecule has 0 bridgehead atoms. The maximum atomic E-state index is 13.2. The van der Waals surface area contributed by atoms with Crippen molar-refractivity contribution in [1.29, 1.82) is 0 Å². The topological polar surface area (TPSA) is 46.8 Å². The van der Waals surface area contributed by atoms with E-state index in [1.54, 1.807) is 11.9 Å². The van der Waals surface area contributed by atoms with Crippen molar-refractivity contribution in [3.63, 3.8) is 0 Å². The Labute approximate surface area is 245 Å². The summed E-state index contributed by atoms with van der Waals surface area (Å²) in [5.74, 6) is -0.0461. The molecule has 7 heteroatoms. The summed E-state index contributed by atoms with van der Waals surface area (Å²) in [4.78, 5) is 21.2. The van der Waals surface area contributed by atoms with E-state index in [0.29, 0.717) is 11.5 Å². The Hall–Kier alpha value is -4.04. The van der Waals surface area contributed by atoms with E-state index in [1.807, 2.05) is 40.9 Å². The number of hydrogen-bond donors (Lipinski definition) is 0. The maximum absolute atomic E-state index is 13.2. The molecule has 0 radical (unpaired) electrons. The molecular weight excluding hydrogens is 543 g/mol. The maximum Gasteiger partial charge on any atom is 0.269 e. The Morgan fingerprint density at radius 3 is 2.05 bits per heavy atom. The third-order valence-electron chi connectivity index (χ3n) is 7.70. The van der Waals surface area contributed by atoms with Gasteiger partial charge in [0.25, 0.3) is 14.2 Å². The molecule has 0 aliphatic heterocycles. The molecule has 206 valence electrons. The van der Waals surface area contributed by atoms with Gasteiger partial charge in [-0.2, -0.15) is 0 Å². The van der Waals surface area contributed by atoms with Crippen LogP contribution in [0.4, 0.5) is 5.69 Å². The Balaban J connectivity index is 1.31. The number of amides is 1. The number of imidazole rings is 1. The summed E-state index contributed by atoms with van der Waals surface area (Å²) in [7, 11) is -0.841. The van der Waals surface area contributed by atoms with Crippen molar-refractivity contribution in [3.05, 3.63) is 126 Å². The first-order valence-electron chi connectivity index (χ1n) is 13.8. The van der Waals surface area contributed by atoms with E-state index in [1.165, 1.54) is 21.7 Å². The molecule has 0 atom stereocenters. The van der Waals surface area contributed by atoms with Crippen molar-refractivity contribution in [2.45, 2.75) is 32.4 Å². The SMILES string of the molecule is CN(C(=O)c1cn2c(nc3cc(CO[Si](c4ccccc4)(c4ccccc4)C(C)(C)C)ccc32)s1)c1ccccc1. The lowest BCUT2D eigenvalue weighted by atomic mass is 10.2. The van der Waals surface area contributed by atoms with Gasteiger partial charge in [-0.05, 0) is 45.2 Å². The molecule has 0 saturated heterocycles. The zero-order valence-electron chi connectivity index (χ0n) is 23.7. The zero-order valence-corrected chi connectivity index (χ0v) is 25.6. The van der Waals surface area contributed by atoms with Gasteiger partial charge >= 0.3 is 0 Å². The highest BCUT2D eigenvalue weighted by atomic mass is 32.1. The van der Waals surface area contributed by atoms with Crippen LogP contribution in [0.2, 0.25) is 5.04 Å². The Kier molecular flexibility index (Phi) is 7.11. The number of carbonyl (C=O) groups excluding carboxylic acids is 1. The Morgan fingerprint density at radius 1 is 0.878 bits per heavy atom. The van der Waals surface area contributed by atoms with Crippen LogP contribution in [0.25, 0.3) is 16.0 Å². The molecule has 4 aromatic carbocycles. The highest BCUT2D eigenvalue weighted by Gasteiger charge is 2.50. The normalized spacial score (nSPS) is 12.2. The predicted octanol–water partition coefficient (Wildman–Crippen LogP) is 6.90. The van der Waals surface area contributed by atoms with Crippen molar-refractivity contribution >= 4 is 57.6 Å². The molecule has 0 N–H and O–H groups in total. The summed E-state index contributed by atoms with van der Waals surface area (Å²) in [6, 6.07) is 37.4. The molecule has 0 unspecified atom stereocenters. The highest BCUT2D eigenvalue weighted by molar-refractivity contribution is 7.19. The number of nitrogens with zero attached hydrogens (tertiary/aromatic N) is 3. The van der Waals surface area contributed by atoms with Gasteiger partial charge in [-0.1, -0.05) is 117 Å². The standard InChI is InChI=1S/C34H33N3O2SSi/c1-34(2,3)41(27-16-10-6-11-17-27,28-18-12-7-13-19-28)39-24-25-20-21-30-29(22-25)35-33-37(30)23-31(40-33)32(38)36(4)26-14-8-5-9-15-26/h5-23H,24H2,1-4H3. The first-order chi connectivity index (χ1) is 19.8. The summed E-state index contributed by atoms with van der Waals surface area (Å²) < 4.78 is 9.15. The third-order valence-corrected chi connectivity index (χ3v) is 13.7. The molecule has 2 heterocycles. The van der Waals surface area contributed by atoms with Gasteiger partial charge in [0.2, 0.25) is 0 Å². The average molecular weight is 576 g/mol. The Morgan fingerprint density at radius 2 is 1.46 bits per heavy atom. The van der Waals surface area contributed by atoms with Crippen molar-refractivity contribution < 1.29 is 9.22 Å². The van der Waals surface area contributed by atoms with Gasteiger partial charge in [-0.25, -0.2) is 4.98 Å². The number of rotatable bonds is 7. The molecular formula is C34H33N3O2SSi. The molecule has 0 aliphatic rings. The number of thiazole rings is 1. The molecule has 2 aromatic heterocycles. The number of para-hydroxylation sites is 1. The number of fused-ring (bicyclic) bond motifs is 3. The first kappa shape index (κ1) is 27.1. The van der Waals surface area contributed by atoms with Crippen LogP contribution >= 0.6 is 11.3 Å². The third kappa shape index (κ3) is 4.90. The van der Waals surface area contributed by atoms with Crippen molar-refractivity contribution in [2.75, 3.05) is 11.9 Å². The molecule has 0 aliphatic carbocycles. The number of anilines is 1. The molecule has 6 aromatic rings. The fraction of sp³-hybridized carbons (Fsp3) is 0.176. The van der Waals surface area contributed by atoms with Crippen molar-refractivity contribution in [1.82, 2.24) is 9.38 Å². The second kappa shape index (κ2) is 10.7. The van der Waals surface area contributed by atoms with E-state index in [-0.39, 0.29) is 10.9 Å². The number of aromatic nitrogens is 2. The number of hydrogen-bond acceptors (Lipinski definition) is 4. The van der Waals surface area contributed by atoms with Crippen LogP contribution in [-0.2, 0) is 11.0 Å². The highest BCUT2D eigenvalue weighted by Crippen LogP contribution is 2.37. The van der Waals surface area contributed by atoms with Crippen LogP contribution in [0.5, 0.6) is 0 Å². The van der Waals surface area contributed by atoms with Crippen LogP contribution in [0.1, 0.15) is 36.0 Å². The molecule has 6 rings (SSSR count). The molecule has 0 spiro atoms. The Bertz CT molecular complexity index is 1770. The fourth-order valence-corrected chi connectivity index (χ4v) is 11.1. The second-order valence-corrected chi connectivity index (χ2v) is 16.6.